The van der Waals surface area contributed by atoms with Gasteiger partial charge < -0.3 is 0 Å². The van der Waals surface area contributed by atoms with Crippen molar-refractivity contribution in [3.63, 3.8) is 0 Å². The van der Waals surface area contributed by atoms with Gasteiger partial charge in [-0.2, -0.15) is 0 Å². The largest absolute Gasteiger partial charge is 0.191 e. The zero-order valence-electron chi connectivity index (χ0n) is 6.48. The highest BCUT2D eigenvalue weighted by molar-refractivity contribution is 6.76. The number of hydrogen-bond donors (Lipinski definition) is 0. The Kier molecular flexibility index (Phi) is 4.30. The van der Waals surface area contributed by atoms with Crippen LogP contribution in [0.4, 0.5) is 0 Å². The molecule has 0 aromatic heterocycles. The summed E-state index contributed by atoms with van der Waals surface area (Å²) in [7, 11) is 0. The SMILES string of the molecule is ClC1=CC(Cl)(Cl)C(Cl)(Cl)C(Cl)(Cl)C1(Cl)Cl. The van der Waals surface area contributed by atoms with Crippen LogP contribution in [0.2, 0.25) is 0 Å². The van der Waals surface area contributed by atoms with E-state index in [2.05, 4.69) is 0 Å². The van der Waals surface area contributed by atoms with Crippen LogP contribution in [0.15, 0.2) is 11.1 Å². The number of allylic oxidation sites excluding steroid dienone is 2. The van der Waals surface area contributed by atoms with E-state index in [0.29, 0.717) is 0 Å². The molecule has 0 heterocycles. The number of halogens is 9. The molecule has 1 rings (SSSR count). The van der Waals surface area contributed by atoms with E-state index in [1.54, 1.807) is 0 Å². The lowest BCUT2D eigenvalue weighted by Crippen LogP contribution is -2.60. The highest BCUT2D eigenvalue weighted by atomic mass is 35.6. The summed E-state index contributed by atoms with van der Waals surface area (Å²) in [6, 6.07) is 0. The van der Waals surface area contributed by atoms with Gasteiger partial charge in [0.15, 0.2) is 17.3 Å². The molecule has 0 bridgehead atoms. The molecule has 1 aliphatic carbocycles. The molecule has 0 N–H and O–H groups in total. The van der Waals surface area contributed by atoms with Gasteiger partial charge in [0.2, 0.25) is 0 Å². The van der Waals surface area contributed by atoms with Crippen molar-refractivity contribution >= 4 is 104 Å². The zero-order chi connectivity index (χ0) is 12.3. The van der Waals surface area contributed by atoms with E-state index < -0.39 is 17.3 Å². The summed E-state index contributed by atoms with van der Waals surface area (Å²) in [6.07, 6.45) is 1.08. The lowest BCUT2D eigenvalue weighted by Gasteiger charge is -2.48. The molecular weight excluding hydrogens is 391 g/mol. The molecule has 0 unspecified atom stereocenters. The minimum atomic E-state index is -2.08. The Morgan fingerprint density at radius 1 is 0.733 bits per heavy atom. The molecule has 15 heavy (non-hydrogen) atoms. The fourth-order valence-electron chi connectivity index (χ4n) is 0.897. The summed E-state index contributed by atoms with van der Waals surface area (Å²) in [5.41, 5.74) is 0. The summed E-state index contributed by atoms with van der Waals surface area (Å²) in [6.45, 7) is 0. The van der Waals surface area contributed by atoms with Crippen molar-refractivity contribution in [2.24, 2.45) is 0 Å². The Morgan fingerprint density at radius 3 is 1.53 bits per heavy atom. The van der Waals surface area contributed by atoms with Crippen LogP contribution in [0.1, 0.15) is 0 Å². The highest BCUT2D eigenvalue weighted by Gasteiger charge is 2.71. The molecule has 1 aliphatic rings. The van der Waals surface area contributed by atoms with Crippen molar-refractivity contribution in [3.8, 4) is 0 Å². The van der Waals surface area contributed by atoms with E-state index >= 15 is 0 Å². The van der Waals surface area contributed by atoms with Crippen LogP contribution in [-0.4, -0.2) is 17.3 Å². The first-order valence-corrected chi connectivity index (χ1v) is 6.68. The number of hydrogen-bond acceptors (Lipinski definition) is 0. The van der Waals surface area contributed by atoms with E-state index in [-0.39, 0.29) is 5.03 Å². The molecule has 0 aliphatic heterocycles. The average Bonchev–Trinajstić information content (AvgIpc) is 2.00. The van der Waals surface area contributed by atoms with Crippen LogP contribution in [0.25, 0.3) is 0 Å². The molecule has 0 amide bonds. The topological polar surface area (TPSA) is 0 Å². The van der Waals surface area contributed by atoms with Crippen molar-refractivity contribution in [2.45, 2.75) is 17.3 Å². The lowest BCUT2D eigenvalue weighted by molar-refractivity contribution is 0.583. The molecule has 0 nitrogen and oxygen atoms in total. The molecule has 9 heteroatoms. The smallest absolute Gasteiger partial charge is 0.0944 e. The molecule has 0 saturated carbocycles. The Hall–Kier alpha value is 2.35. The van der Waals surface area contributed by atoms with Crippen LogP contribution < -0.4 is 0 Å². The van der Waals surface area contributed by atoms with Gasteiger partial charge in [0.25, 0.3) is 0 Å². The van der Waals surface area contributed by atoms with Crippen molar-refractivity contribution in [1.29, 1.82) is 0 Å². The first kappa shape index (κ1) is 15.4. The maximum absolute atomic E-state index is 5.88. The second-order valence-corrected chi connectivity index (χ2v) is 8.61. The summed E-state index contributed by atoms with van der Waals surface area (Å²) < 4.78 is -7.84. The molecule has 0 aromatic carbocycles. The minimum Gasteiger partial charge on any atom is -0.0944 e. The molecule has 0 radical (unpaired) electrons. The van der Waals surface area contributed by atoms with Crippen LogP contribution in [-0.2, 0) is 0 Å². The van der Waals surface area contributed by atoms with Crippen molar-refractivity contribution < 1.29 is 0 Å². The van der Waals surface area contributed by atoms with Crippen LogP contribution in [0.5, 0.6) is 0 Å². The lowest BCUT2D eigenvalue weighted by atomic mass is 10.0. The summed E-state index contributed by atoms with van der Waals surface area (Å²) in [4.78, 5) is 0. The van der Waals surface area contributed by atoms with Gasteiger partial charge in [0, 0.05) is 0 Å². The maximum Gasteiger partial charge on any atom is 0.191 e. The second kappa shape index (κ2) is 4.18. The van der Waals surface area contributed by atoms with Crippen LogP contribution >= 0.6 is 104 Å². The van der Waals surface area contributed by atoms with Crippen molar-refractivity contribution in [2.75, 3.05) is 0 Å². The normalized spacial score (nSPS) is 30.9. The van der Waals surface area contributed by atoms with Gasteiger partial charge >= 0.3 is 0 Å². The Labute approximate surface area is 132 Å². The third-order valence-corrected chi connectivity index (χ3v) is 7.62. The Balaban J connectivity index is 3.49. The molecule has 88 valence electrons. The predicted octanol–water partition coefficient (Wildman–Crippen LogP) is 5.82. The average molecular weight is 392 g/mol. The predicted molar refractivity (Wildman–Crippen MR) is 71.7 cm³/mol. The van der Waals surface area contributed by atoms with Gasteiger partial charge in [-0.3, -0.25) is 0 Å². The van der Waals surface area contributed by atoms with Gasteiger partial charge in [-0.15, -0.1) is 0 Å². The standard InChI is InChI=1S/C6HCl9/c7-2-1-3(8,9)5(12,13)6(14,15)4(2,10)11/h1H. The summed E-state index contributed by atoms with van der Waals surface area (Å²) in [5.74, 6) is 0. The molecule has 0 aromatic rings. The Morgan fingerprint density at radius 2 is 1.13 bits per heavy atom. The zero-order valence-corrected chi connectivity index (χ0v) is 13.3. The van der Waals surface area contributed by atoms with E-state index in [9.17, 15) is 0 Å². The second-order valence-electron chi connectivity index (χ2n) is 2.84. The van der Waals surface area contributed by atoms with Gasteiger partial charge in [-0.1, -0.05) is 104 Å². The molecule has 0 spiro atoms. The van der Waals surface area contributed by atoms with Gasteiger partial charge in [-0.25, -0.2) is 0 Å². The summed E-state index contributed by atoms with van der Waals surface area (Å²) >= 11 is 52.6. The highest BCUT2D eigenvalue weighted by Crippen LogP contribution is 2.67. The quantitative estimate of drug-likeness (QED) is 0.456. The summed E-state index contributed by atoms with van der Waals surface area (Å²) in [5, 5.41) is -0.155. The van der Waals surface area contributed by atoms with E-state index in [1.807, 2.05) is 0 Å². The van der Waals surface area contributed by atoms with Gasteiger partial charge in [0.1, 0.15) is 0 Å². The molecular formula is C6HCl9. The van der Waals surface area contributed by atoms with E-state index in [1.165, 1.54) is 0 Å². The van der Waals surface area contributed by atoms with Gasteiger partial charge in [0.05, 0.1) is 5.03 Å². The fraction of sp³-hybridized carbons (Fsp3) is 0.667. The van der Waals surface area contributed by atoms with Crippen molar-refractivity contribution in [3.05, 3.63) is 11.1 Å². The number of alkyl halides is 8. The Bertz CT molecular complexity index is 313. The van der Waals surface area contributed by atoms with Crippen molar-refractivity contribution in [1.82, 2.24) is 0 Å². The third kappa shape index (κ3) is 2.07. The maximum atomic E-state index is 5.88. The van der Waals surface area contributed by atoms with Crippen LogP contribution in [0.3, 0.4) is 0 Å². The van der Waals surface area contributed by atoms with Gasteiger partial charge in [-0.05, 0) is 6.08 Å². The van der Waals surface area contributed by atoms with Crippen LogP contribution in [0, 0.1) is 0 Å². The first-order chi connectivity index (χ1) is 6.38. The van der Waals surface area contributed by atoms with E-state index in [4.69, 9.17) is 104 Å². The third-order valence-electron chi connectivity index (χ3n) is 1.82. The monoisotopic (exact) mass is 388 g/mol. The first-order valence-electron chi connectivity index (χ1n) is 3.28. The van der Waals surface area contributed by atoms with E-state index in [0.717, 1.165) is 6.08 Å². The minimum absolute atomic E-state index is 0.155. The molecule has 0 saturated heterocycles. The number of rotatable bonds is 0. The molecule has 0 atom stereocenters. The fourth-order valence-corrected chi connectivity index (χ4v) is 3.59. The molecule has 0 fully saturated rings.